The fraction of sp³-hybridized carbons (Fsp3) is 0.529. The fourth-order valence-corrected chi connectivity index (χ4v) is 2.57. The molecule has 6 nitrogen and oxygen atoms in total. The molecule has 0 radical (unpaired) electrons. The number of hydrogen-bond donors (Lipinski definition) is 2. The zero-order valence-electron chi connectivity index (χ0n) is 13.9. The number of esters is 1. The van der Waals surface area contributed by atoms with Gasteiger partial charge in [0.2, 0.25) is 6.35 Å². The Kier molecular flexibility index (Phi) is 5.26. The molecule has 126 valence electrons. The molecule has 0 saturated heterocycles. The van der Waals surface area contributed by atoms with Crippen LogP contribution in [0.3, 0.4) is 0 Å². The molecule has 0 aromatic heterocycles. The van der Waals surface area contributed by atoms with Crippen LogP contribution in [0.4, 0.5) is 5.69 Å². The maximum Gasteiger partial charge on any atom is 0.329 e. The van der Waals surface area contributed by atoms with Gasteiger partial charge in [0.25, 0.3) is 5.91 Å². The number of hydrogen-bond acceptors (Lipinski definition) is 5. The molecule has 1 amide bonds. The van der Waals surface area contributed by atoms with Crippen LogP contribution < -0.4 is 5.32 Å². The maximum absolute atomic E-state index is 12.7. The van der Waals surface area contributed by atoms with Gasteiger partial charge >= 0.3 is 5.97 Å². The van der Waals surface area contributed by atoms with Crippen molar-refractivity contribution in [3.05, 3.63) is 29.8 Å². The summed E-state index contributed by atoms with van der Waals surface area (Å²) in [7, 11) is 0. The van der Waals surface area contributed by atoms with Crippen LogP contribution in [-0.2, 0) is 9.53 Å². The lowest BCUT2D eigenvalue weighted by Crippen LogP contribution is -2.58. The molecule has 1 aromatic rings. The number of aliphatic hydroxyl groups is 1. The molecule has 0 saturated carbocycles. The Bertz CT molecular complexity index is 586. The number of para-hydroxylation sites is 1. The van der Waals surface area contributed by atoms with E-state index in [1.165, 1.54) is 0 Å². The summed E-state index contributed by atoms with van der Waals surface area (Å²) in [5, 5.41) is 13.2. The van der Waals surface area contributed by atoms with Gasteiger partial charge in [-0.2, -0.15) is 0 Å². The van der Waals surface area contributed by atoms with E-state index < -0.39 is 18.4 Å². The molecule has 1 aliphatic rings. The second kappa shape index (κ2) is 7.00. The molecule has 2 atom stereocenters. The lowest BCUT2D eigenvalue weighted by molar-refractivity contribution is -0.155. The molecule has 0 fully saturated rings. The first-order valence-electron chi connectivity index (χ1n) is 7.85. The molecule has 0 bridgehead atoms. The normalized spacial score (nSPS) is 18.7. The topological polar surface area (TPSA) is 78.9 Å². The molecule has 1 heterocycles. The van der Waals surface area contributed by atoms with Crippen molar-refractivity contribution in [3.63, 3.8) is 0 Å². The molecule has 1 aliphatic heterocycles. The average molecular weight is 320 g/mol. The van der Waals surface area contributed by atoms with E-state index in [-0.39, 0.29) is 24.3 Å². The number of nitrogens with one attached hydrogen (secondary N) is 1. The van der Waals surface area contributed by atoms with E-state index in [1.54, 1.807) is 24.3 Å². The minimum atomic E-state index is -1.27. The highest BCUT2D eigenvalue weighted by atomic mass is 16.5. The Labute approximate surface area is 136 Å². The van der Waals surface area contributed by atoms with Gasteiger partial charge in [-0.05, 0) is 24.0 Å². The van der Waals surface area contributed by atoms with Gasteiger partial charge in [0.05, 0.1) is 17.9 Å². The molecule has 0 spiro atoms. The Morgan fingerprint density at radius 2 is 1.96 bits per heavy atom. The van der Waals surface area contributed by atoms with E-state index >= 15 is 0 Å². The number of aliphatic hydroxyl groups excluding tert-OH is 1. The first kappa shape index (κ1) is 17.3. The van der Waals surface area contributed by atoms with Gasteiger partial charge in [-0.15, -0.1) is 0 Å². The highest BCUT2D eigenvalue weighted by Crippen LogP contribution is 2.28. The molecule has 23 heavy (non-hydrogen) atoms. The highest BCUT2D eigenvalue weighted by Gasteiger charge is 2.41. The quantitative estimate of drug-likeness (QED) is 0.812. The second-order valence-corrected chi connectivity index (χ2v) is 6.49. The minimum Gasteiger partial charge on any atom is -0.464 e. The predicted octanol–water partition coefficient (Wildman–Crippen LogP) is 2.05. The van der Waals surface area contributed by atoms with Gasteiger partial charge in [-0.25, -0.2) is 4.79 Å². The molecule has 6 heteroatoms. The van der Waals surface area contributed by atoms with Gasteiger partial charge in [-0.1, -0.05) is 39.8 Å². The maximum atomic E-state index is 12.7. The van der Waals surface area contributed by atoms with E-state index in [1.807, 2.05) is 27.7 Å². The molecule has 2 rings (SSSR count). The van der Waals surface area contributed by atoms with Crippen molar-refractivity contribution in [2.75, 3.05) is 11.9 Å². The van der Waals surface area contributed by atoms with Gasteiger partial charge in [-0.3, -0.25) is 9.69 Å². The number of amides is 1. The van der Waals surface area contributed by atoms with Crippen LogP contribution in [0.2, 0.25) is 0 Å². The lowest BCUT2D eigenvalue weighted by atomic mass is 9.99. The highest BCUT2D eigenvalue weighted by molar-refractivity contribution is 6.03. The van der Waals surface area contributed by atoms with Crippen LogP contribution in [0.15, 0.2) is 24.3 Å². The van der Waals surface area contributed by atoms with Crippen LogP contribution in [-0.4, -0.2) is 40.9 Å². The van der Waals surface area contributed by atoms with Gasteiger partial charge in [0.1, 0.15) is 6.04 Å². The lowest BCUT2D eigenvalue weighted by Gasteiger charge is -2.40. The van der Waals surface area contributed by atoms with Gasteiger partial charge < -0.3 is 15.2 Å². The van der Waals surface area contributed by atoms with Crippen molar-refractivity contribution in [3.8, 4) is 0 Å². The van der Waals surface area contributed by atoms with Crippen molar-refractivity contribution in [2.45, 2.75) is 40.1 Å². The summed E-state index contributed by atoms with van der Waals surface area (Å²) in [6, 6.07) is 6.06. The summed E-state index contributed by atoms with van der Waals surface area (Å²) in [4.78, 5) is 26.3. The Morgan fingerprint density at radius 1 is 1.30 bits per heavy atom. The van der Waals surface area contributed by atoms with E-state index in [0.717, 1.165) is 4.90 Å². The van der Waals surface area contributed by atoms with Crippen molar-refractivity contribution in [1.82, 2.24) is 4.90 Å². The summed E-state index contributed by atoms with van der Waals surface area (Å²) in [5.74, 6) is -0.873. The number of fused-ring (bicyclic) bond motifs is 1. The number of carbonyl (C=O) groups is 2. The molecule has 2 unspecified atom stereocenters. The summed E-state index contributed by atoms with van der Waals surface area (Å²) in [6.45, 7) is 7.81. The molecular weight excluding hydrogens is 296 g/mol. The average Bonchev–Trinajstić information content (AvgIpc) is 2.48. The smallest absolute Gasteiger partial charge is 0.329 e. The van der Waals surface area contributed by atoms with Crippen LogP contribution in [0.5, 0.6) is 0 Å². The molecule has 2 N–H and O–H groups in total. The number of rotatable bonds is 5. The molecular formula is C17H24N2O4. The van der Waals surface area contributed by atoms with Crippen LogP contribution in [0.1, 0.15) is 38.1 Å². The van der Waals surface area contributed by atoms with Gasteiger partial charge in [0, 0.05) is 0 Å². The summed E-state index contributed by atoms with van der Waals surface area (Å²) in [5.41, 5.74) is 0.986. The third kappa shape index (κ3) is 3.64. The van der Waals surface area contributed by atoms with E-state index in [9.17, 15) is 14.7 Å². The molecule has 0 aliphatic carbocycles. The van der Waals surface area contributed by atoms with Crippen molar-refractivity contribution < 1.29 is 19.4 Å². The summed E-state index contributed by atoms with van der Waals surface area (Å²) in [6.07, 6.45) is -1.27. The van der Waals surface area contributed by atoms with Crippen molar-refractivity contribution in [2.24, 2.45) is 11.8 Å². The Morgan fingerprint density at radius 3 is 2.57 bits per heavy atom. The Balaban J connectivity index is 2.29. The first-order chi connectivity index (χ1) is 10.8. The number of anilines is 1. The van der Waals surface area contributed by atoms with Crippen molar-refractivity contribution >= 4 is 17.6 Å². The predicted molar refractivity (Wildman–Crippen MR) is 86.7 cm³/mol. The number of carbonyl (C=O) groups excluding carboxylic acids is 2. The number of ether oxygens (including phenoxy) is 1. The largest absolute Gasteiger partial charge is 0.464 e. The number of nitrogens with zero attached hydrogens (tertiary/aromatic N) is 1. The van der Waals surface area contributed by atoms with Gasteiger partial charge in [0.15, 0.2) is 0 Å². The molecule has 1 aromatic carbocycles. The van der Waals surface area contributed by atoms with Crippen LogP contribution in [0, 0.1) is 11.8 Å². The summed E-state index contributed by atoms with van der Waals surface area (Å²) >= 11 is 0. The zero-order chi connectivity index (χ0) is 17.1. The van der Waals surface area contributed by atoms with Crippen LogP contribution in [0.25, 0.3) is 0 Å². The zero-order valence-corrected chi connectivity index (χ0v) is 13.9. The minimum absolute atomic E-state index is 0.194. The SMILES string of the molecule is CC(C)COC(=O)C(C(C)C)N1C(=O)c2ccccc2NC1O. The Hall–Kier alpha value is -2.08. The summed E-state index contributed by atoms with van der Waals surface area (Å²) < 4.78 is 5.29. The monoisotopic (exact) mass is 320 g/mol. The second-order valence-electron chi connectivity index (χ2n) is 6.49. The van der Waals surface area contributed by atoms with Crippen molar-refractivity contribution in [1.29, 1.82) is 0 Å². The van der Waals surface area contributed by atoms with E-state index in [0.29, 0.717) is 11.3 Å². The van der Waals surface area contributed by atoms with E-state index in [2.05, 4.69) is 5.32 Å². The standard InChI is InChI=1S/C17H24N2O4/c1-10(2)9-23-16(21)14(11(3)4)19-15(20)12-7-5-6-8-13(12)18-17(19)22/h5-8,10-11,14,17-18,22H,9H2,1-4H3. The van der Waals surface area contributed by atoms with Crippen LogP contribution >= 0.6 is 0 Å². The first-order valence-corrected chi connectivity index (χ1v) is 7.85. The third-order valence-electron chi connectivity index (χ3n) is 3.67. The third-order valence-corrected chi connectivity index (χ3v) is 3.67. The number of benzene rings is 1. The van der Waals surface area contributed by atoms with E-state index in [4.69, 9.17) is 4.74 Å². The fourth-order valence-electron chi connectivity index (χ4n) is 2.57.